The molecule has 0 fully saturated rings. The van der Waals surface area contributed by atoms with Crippen LogP contribution in [0.25, 0.3) is 5.52 Å². The number of nitrogens with zero attached hydrogens (tertiary/aromatic N) is 4. The van der Waals surface area contributed by atoms with Gasteiger partial charge in [0, 0.05) is 12.7 Å². The fourth-order valence-corrected chi connectivity index (χ4v) is 3.45. The van der Waals surface area contributed by atoms with Crippen LogP contribution in [0.2, 0.25) is 0 Å². The van der Waals surface area contributed by atoms with Gasteiger partial charge in [-0.25, -0.2) is 13.6 Å². The predicted molar refractivity (Wildman–Crippen MR) is 90.9 cm³/mol. The first-order valence-corrected chi connectivity index (χ1v) is 8.22. The second-order valence-electron chi connectivity index (χ2n) is 6.17. The topological polar surface area (TPSA) is 50.2 Å². The lowest BCUT2D eigenvalue weighted by Gasteiger charge is -2.04. The zero-order chi connectivity index (χ0) is 15.8. The minimum Gasteiger partial charge on any atom is -0.383 e. The number of nitrogens with one attached hydrogen (secondary N) is 2. The third-order valence-corrected chi connectivity index (χ3v) is 4.59. The van der Waals surface area contributed by atoms with Crippen molar-refractivity contribution in [3.63, 3.8) is 0 Å². The van der Waals surface area contributed by atoms with E-state index >= 15 is 0 Å². The molecule has 0 amide bonds. The van der Waals surface area contributed by atoms with Crippen LogP contribution in [-0.4, -0.2) is 27.8 Å². The van der Waals surface area contributed by atoms with Gasteiger partial charge in [-0.3, -0.25) is 0 Å². The number of rotatable bonds is 5. The SMILES string of the molecule is CNc1c(NCCn2cc[n+](C)c2)nn2c3c(ccc12)CCC3. The minimum atomic E-state index is 0.843. The summed E-state index contributed by atoms with van der Waals surface area (Å²) in [6.07, 6.45) is 9.74. The number of fused-ring (bicyclic) bond motifs is 3. The average Bonchev–Trinajstić information content (AvgIpc) is 3.24. The van der Waals surface area contributed by atoms with Crippen molar-refractivity contribution >= 4 is 17.0 Å². The molecular weight excluding hydrogens is 288 g/mol. The Morgan fingerprint density at radius 1 is 1.30 bits per heavy atom. The smallest absolute Gasteiger partial charge is 0.243 e. The molecule has 4 rings (SSSR count). The molecule has 3 aromatic heterocycles. The lowest BCUT2D eigenvalue weighted by atomic mass is 10.2. The molecule has 1 aliphatic carbocycles. The van der Waals surface area contributed by atoms with Gasteiger partial charge in [0.2, 0.25) is 6.33 Å². The van der Waals surface area contributed by atoms with Crippen LogP contribution in [-0.2, 0) is 26.4 Å². The molecule has 0 bridgehead atoms. The van der Waals surface area contributed by atoms with E-state index in [1.165, 1.54) is 24.1 Å². The molecule has 0 radical (unpaired) electrons. The molecule has 2 N–H and O–H groups in total. The molecule has 3 aromatic rings. The molecule has 0 unspecified atom stereocenters. The number of hydrogen-bond acceptors (Lipinski definition) is 3. The molecule has 0 aromatic carbocycles. The number of aromatic nitrogens is 4. The van der Waals surface area contributed by atoms with Crippen LogP contribution in [0.15, 0.2) is 30.9 Å². The Kier molecular flexibility index (Phi) is 3.44. The number of hydrogen-bond donors (Lipinski definition) is 2. The van der Waals surface area contributed by atoms with Crippen molar-refractivity contribution in [2.45, 2.75) is 25.8 Å². The van der Waals surface area contributed by atoms with Gasteiger partial charge in [0.1, 0.15) is 24.6 Å². The van der Waals surface area contributed by atoms with Gasteiger partial charge >= 0.3 is 0 Å². The molecule has 0 saturated carbocycles. The first kappa shape index (κ1) is 14.1. The highest BCUT2D eigenvalue weighted by molar-refractivity contribution is 5.83. The summed E-state index contributed by atoms with van der Waals surface area (Å²) in [4.78, 5) is 0. The normalized spacial score (nSPS) is 13.5. The van der Waals surface area contributed by atoms with Crippen LogP contribution in [0.4, 0.5) is 11.5 Å². The second-order valence-corrected chi connectivity index (χ2v) is 6.17. The quantitative estimate of drug-likeness (QED) is 0.704. The molecule has 6 heteroatoms. The van der Waals surface area contributed by atoms with Crippen molar-refractivity contribution in [2.75, 3.05) is 24.2 Å². The molecule has 0 spiro atoms. The van der Waals surface area contributed by atoms with Crippen LogP contribution in [0.1, 0.15) is 17.7 Å². The Balaban J connectivity index is 1.59. The van der Waals surface area contributed by atoms with Crippen molar-refractivity contribution in [2.24, 2.45) is 7.05 Å². The van der Waals surface area contributed by atoms with Crippen LogP contribution in [0.5, 0.6) is 0 Å². The maximum Gasteiger partial charge on any atom is 0.243 e. The molecule has 23 heavy (non-hydrogen) atoms. The summed E-state index contributed by atoms with van der Waals surface area (Å²) in [6.45, 7) is 1.76. The molecule has 6 nitrogen and oxygen atoms in total. The standard InChI is InChI=1S/C17H23N6/c1-18-16-15-7-6-13-4-3-5-14(13)23(15)20-17(16)19-8-9-22-11-10-21(2)12-22/h6-7,10-12,18H,3-5,8-9H2,1-2H3,(H,19,20)/q+1. The van der Waals surface area contributed by atoms with Gasteiger partial charge in [0.25, 0.3) is 0 Å². The van der Waals surface area contributed by atoms with Gasteiger partial charge in [0.15, 0.2) is 5.82 Å². The Bertz CT molecular complexity index is 844. The summed E-state index contributed by atoms with van der Waals surface area (Å²) < 4.78 is 6.33. The molecule has 1 aliphatic rings. The summed E-state index contributed by atoms with van der Waals surface area (Å²) in [6, 6.07) is 4.43. The van der Waals surface area contributed by atoms with E-state index in [1.54, 1.807) is 0 Å². The van der Waals surface area contributed by atoms with E-state index in [9.17, 15) is 0 Å². The van der Waals surface area contributed by atoms with E-state index < -0.39 is 0 Å². The minimum absolute atomic E-state index is 0.843. The van der Waals surface area contributed by atoms with Crippen LogP contribution >= 0.6 is 0 Å². The highest BCUT2D eigenvalue weighted by Gasteiger charge is 2.19. The van der Waals surface area contributed by atoms with E-state index in [1.807, 2.05) is 24.9 Å². The summed E-state index contributed by atoms with van der Waals surface area (Å²) in [5.74, 6) is 0.935. The molecule has 3 heterocycles. The predicted octanol–water partition coefficient (Wildman–Crippen LogP) is 1.60. The van der Waals surface area contributed by atoms with Gasteiger partial charge in [-0.2, -0.15) is 0 Å². The highest BCUT2D eigenvalue weighted by atomic mass is 15.3. The van der Waals surface area contributed by atoms with Gasteiger partial charge in [-0.05, 0) is 30.9 Å². The number of anilines is 2. The Labute approximate surface area is 135 Å². The molecule has 120 valence electrons. The van der Waals surface area contributed by atoms with Crippen LogP contribution in [0, 0.1) is 0 Å². The maximum atomic E-state index is 4.82. The van der Waals surface area contributed by atoms with Gasteiger partial charge < -0.3 is 10.6 Å². The molecule has 0 saturated heterocycles. The summed E-state index contributed by atoms with van der Waals surface area (Å²) >= 11 is 0. The lowest BCUT2D eigenvalue weighted by Crippen LogP contribution is -2.24. The molecule has 0 atom stereocenters. The second kappa shape index (κ2) is 5.61. The maximum absolute atomic E-state index is 4.82. The Morgan fingerprint density at radius 2 is 2.22 bits per heavy atom. The Hall–Kier alpha value is -2.50. The van der Waals surface area contributed by atoms with E-state index in [-0.39, 0.29) is 0 Å². The average molecular weight is 311 g/mol. The largest absolute Gasteiger partial charge is 0.383 e. The molecule has 0 aliphatic heterocycles. The van der Waals surface area contributed by atoms with Crippen LogP contribution < -0.4 is 15.2 Å². The third kappa shape index (κ3) is 2.44. The van der Waals surface area contributed by atoms with Gasteiger partial charge in [-0.1, -0.05) is 6.07 Å². The monoisotopic (exact) mass is 311 g/mol. The van der Waals surface area contributed by atoms with Crippen molar-refractivity contribution in [3.05, 3.63) is 42.1 Å². The number of pyridine rings is 1. The van der Waals surface area contributed by atoms with Crippen molar-refractivity contribution < 1.29 is 4.57 Å². The third-order valence-electron chi connectivity index (χ3n) is 4.59. The van der Waals surface area contributed by atoms with E-state index in [0.29, 0.717) is 0 Å². The lowest BCUT2D eigenvalue weighted by molar-refractivity contribution is -0.671. The van der Waals surface area contributed by atoms with Crippen molar-refractivity contribution in [1.82, 2.24) is 14.2 Å². The van der Waals surface area contributed by atoms with Gasteiger partial charge in [-0.15, -0.1) is 5.10 Å². The Morgan fingerprint density at radius 3 is 3.00 bits per heavy atom. The van der Waals surface area contributed by atoms with Crippen LogP contribution in [0.3, 0.4) is 0 Å². The first-order chi connectivity index (χ1) is 11.3. The first-order valence-electron chi connectivity index (χ1n) is 8.22. The fraction of sp³-hybridized carbons (Fsp3) is 0.412. The molecular formula is C17H23N6+. The van der Waals surface area contributed by atoms with Gasteiger partial charge in [0.05, 0.1) is 19.1 Å². The summed E-state index contributed by atoms with van der Waals surface area (Å²) in [5, 5.41) is 11.6. The zero-order valence-corrected chi connectivity index (χ0v) is 13.7. The van der Waals surface area contributed by atoms with E-state index in [0.717, 1.165) is 36.5 Å². The van der Waals surface area contributed by atoms with Crippen molar-refractivity contribution in [1.29, 1.82) is 0 Å². The number of aryl methyl sites for hydroxylation is 3. The fourth-order valence-electron chi connectivity index (χ4n) is 3.45. The van der Waals surface area contributed by atoms with Crippen molar-refractivity contribution in [3.8, 4) is 0 Å². The summed E-state index contributed by atoms with van der Waals surface area (Å²) in [5.41, 5.74) is 5.04. The van der Waals surface area contributed by atoms with E-state index in [2.05, 4.69) is 44.4 Å². The summed E-state index contributed by atoms with van der Waals surface area (Å²) in [7, 11) is 3.99. The van der Waals surface area contributed by atoms with E-state index in [4.69, 9.17) is 5.10 Å². The zero-order valence-electron chi connectivity index (χ0n) is 13.7. The number of imidazole rings is 1. The highest BCUT2D eigenvalue weighted by Crippen LogP contribution is 2.31.